The Morgan fingerprint density at radius 2 is 0.786 bits per heavy atom. The molecule has 2 aliphatic heterocycles. The van der Waals surface area contributed by atoms with Crippen molar-refractivity contribution in [2.75, 3.05) is 39.3 Å². The predicted molar refractivity (Wildman–Crippen MR) is 119 cm³/mol. The van der Waals surface area contributed by atoms with Gasteiger partial charge in [0.05, 0.1) is 39.3 Å². The maximum absolute atomic E-state index is 1.96. The van der Waals surface area contributed by atoms with Gasteiger partial charge in [-0.2, -0.15) is 0 Å². The Bertz CT molecular complexity index is 368. The molecule has 0 radical (unpaired) electrons. The minimum atomic E-state index is 1.08. The van der Waals surface area contributed by atoms with Crippen molar-refractivity contribution in [3.63, 3.8) is 0 Å². The van der Waals surface area contributed by atoms with Crippen LogP contribution in [0.3, 0.4) is 0 Å². The fraction of sp³-hybridized carbons (Fsp3) is 1.00. The van der Waals surface area contributed by atoms with Crippen molar-refractivity contribution in [3.8, 4) is 0 Å². The Kier molecular flexibility index (Phi) is 8.58. The van der Waals surface area contributed by atoms with Gasteiger partial charge in [-0.25, -0.2) is 0 Å². The average molecular weight is 391 g/mol. The van der Waals surface area contributed by atoms with Gasteiger partial charge < -0.3 is 9.80 Å². The lowest BCUT2D eigenvalue weighted by Gasteiger charge is -2.38. The van der Waals surface area contributed by atoms with E-state index in [1.54, 1.807) is 25.7 Å². The summed E-state index contributed by atoms with van der Waals surface area (Å²) < 4.78 is 0. The smallest absolute Gasteiger partial charge is 0.0773 e. The summed E-state index contributed by atoms with van der Waals surface area (Å²) in [5, 5.41) is 0. The van der Waals surface area contributed by atoms with Crippen LogP contribution in [0.5, 0.6) is 0 Å². The summed E-state index contributed by atoms with van der Waals surface area (Å²) in [4.78, 5) is 3.91. The highest BCUT2D eigenvalue weighted by molar-refractivity contribution is 4.75. The molecule has 4 rings (SSSR count). The molecule has 2 nitrogen and oxygen atoms in total. The summed E-state index contributed by atoms with van der Waals surface area (Å²) in [6.07, 6.45) is 24.5. The molecule has 2 heteroatoms. The fourth-order valence-corrected chi connectivity index (χ4v) is 7.31. The first-order valence-corrected chi connectivity index (χ1v) is 13.5. The summed E-state index contributed by atoms with van der Waals surface area (Å²) in [6.45, 7) is 8.94. The standard InChI is InChI=1S/C26H48N2/c1-3-7-23(8-4-1)11-17-27-19-13-25(14-20-27)26-15-21-28(22-16-26)18-12-24-9-5-2-6-10-24/h23-26H,1-22H2/p+2. The Morgan fingerprint density at radius 1 is 0.429 bits per heavy atom. The van der Waals surface area contributed by atoms with Crippen molar-refractivity contribution >= 4 is 0 Å². The third-order valence-electron chi connectivity index (χ3n) is 9.40. The van der Waals surface area contributed by atoms with Gasteiger partial charge in [-0.1, -0.05) is 64.2 Å². The van der Waals surface area contributed by atoms with E-state index in [4.69, 9.17) is 0 Å². The van der Waals surface area contributed by atoms with E-state index in [0.717, 1.165) is 23.7 Å². The van der Waals surface area contributed by atoms with Crippen LogP contribution < -0.4 is 9.80 Å². The molecule has 0 amide bonds. The van der Waals surface area contributed by atoms with Gasteiger partial charge in [-0.05, 0) is 62.2 Å². The van der Waals surface area contributed by atoms with E-state index >= 15 is 0 Å². The Hall–Kier alpha value is -0.0800. The van der Waals surface area contributed by atoms with Crippen LogP contribution >= 0.6 is 0 Å². The molecule has 162 valence electrons. The molecular weight excluding hydrogens is 340 g/mol. The van der Waals surface area contributed by atoms with Gasteiger partial charge in [0.15, 0.2) is 0 Å². The predicted octanol–water partition coefficient (Wildman–Crippen LogP) is 3.52. The Balaban J connectivity index is 1.08. The third kappa shape index (κ3) is 6.46. The first-order valence-electron chi connectivity index (χ1n) is 13.5. The van der Waals surface area contributed by atoms with Gasteiger partial charge in [0, 0.05) is 0 Å². The number of hydrogen-bond donors (Lipinski definition) is 2. The van der Waals surface area contributed by atoms with Crippen LogP contribution in [0.1, 0.15) is 103 Å². The van der Waals surface area contributed by atoms with Crippen molar-refractivity contribution in [3.05, 3.63) is 0 Å². The molecule has 2 N–H and O–H groups in total. The lowest BCUT2D eigenvalue weighted by Crippen LogP contribution is -3.13. The molecule has 0 aromatic carbocycles. The SMILES string of the molecule is C1CCC(CC[NH+]2CCC(C3CC[NH+](CCC4CCCCC4)CC3)CC2)CC1. The van der Waals surface area contributed by atoms with Crippen LogP contribution in [0.4, 0.5) is 0 Å². The molecule has 0 bridgehead atoms. The van der Waals surface area contributed by atoms with Gasteiger partial charge >= 0.3 is 0 Å². The summed E-state index contributed by atoms with van der Waals surface area (Å²) in [6, 6.07) is 0. The highest BCUT2D eigenvalue weighted by atomic mass is 15.1. The van der Waals surface area contributed by atoms with Crippen molar-refractivity contribution in [2.24, 2.45) is 23.7 Å². The number of likely N-dealkylation sites (tertiary alicyclic amines) is 2. The molecular formula is C26H50N2+2. The van der Waals surface area contributed by atoms with E-state index in [2.05, 4.69) is 0 Å². The zero-order chi connectivity index (χ0) is 19.0. The van der Waals surface area contributed by atoms with Crippen molar-refractivity contribution in [1.82, 2.24) is 0 Å². The topological polar surface area (TPSA) is 8.88 Å². The zero-order valence-electron chi connectivity index (χ0n) is 18.9. The van der Waals surface area contributed by atoms with Crippen molar-refractivity contribution < 1.29 is 9.80 Å². The quantitative estimate of drug-likeness (QED) is 0.658. The molecule has 2 saturated carbocycles. The maximum Gasteiger partial charge on any atom is 0.0773 e. The van der Waals surface area contributed by atoms with Crippen molar-refractivity contribution in [2.45, 2.75) is 103 Å². The normalized spacial score (nSPS) is 36.4. The van der Waals surface area contributed by atoms with Crippen LogP contribution in [0.15, 0.2) is 0 Å². The molecule has 0 atom stereocenters. The average Bonchev–Trinajstić information content (AvgIpc) is 2.78. The van der Waals surface area contributed by atoms with E-state index in [1.807, 2.05) is 9.80 Å². The molecule has 0 unspecified atom stereocenters. The number of quaternary nitrogens is 2. The summed E-state index contributed by atoms with van der Waals surface area (Å²) in [7, 11) is 0. The number of nitrogens with one attached hydrogen (secondary N) is 2. The molecule has 0 aromatic rings. The van der Waals surface area contributed by atoms with Crippen LogP contribution in [0, 0.1) is 23.7 Å². The highest BCUT2D eigenvalue weighted by Gasteiger charge is 2.32. The summed E-state index contributed by atoms with van der Waals surface area (Å²) in [5.74, 6) is 4.33. The van der Waals surface area contributed by atoms with E-state index in [0.29, 0.717) is 0 Å². The Morgan fingerprint density at radius 3 is 1.14 bits per heavy atom. The second-order valence-corrected chi connectivity index (χ2v) is 11.3. The monoisotopic (exact) mass is 390 g/mol. The molecule has 0 aromatic heterocycles. The van der Waals surface area contributed by atoms with Crippen LogP contribution in [-0.2, 0) is 0 Å². The maximum atomic E-state index is 1.96. The molecule has 2 heterocycles. The molecule has 2 aliphatic carbocycles. The van der Waals surface area contributed by atoms with E-state index in [-0.39, 0.29) is 0 Å². The summed E-state index contributed by atoms with van der Waals surface area (Å²) in [5.41, 5.74) is 0. The second-order valence-electron chi connectivity index (χ2n) is 11.3. The lowest BCUT2D eigenvalue weighted by molar-refractivity contribution is -0.910. The minimum Gasteiger partial charge on any atom is -0.335 e. The molecule has 4 fully saturated rings. The van der Waals surface area contributed by atoms with E-state index in [9.17, 15) is 0 Å². The van der Waals surface area contributed by atoms with Gasteiger partial charge in [-0.3, -0.25) is 0 Å². The number of hydrogen-bond acceptors (Lipinski definition) is 0. The first-order chi connectivity index (χ1) is 13.9. The minimum absolute atomic E-state index is 1.08. The highest BCUT2D eigenvalue weighted by Crippen LogP contribution is 2.29. The van der Waals surface area contributed by atoms with Crippen LogP contribution in [0.2, 0.25) is 0 Å². The molecule has 4 aliphatic rings. The van der Waals surface area contributed by atoms with Crippen LogP contribution in [0.25, 0.3) is 0 Å². The largest absolute Gasteiger partial charge is 0.335 e. The van der Waals surface area contributed by atoms with Gasteiger partial charge in [0.1, 0.15) is 0 Å². The van der Waals surface area contributed by atoms with E-state index in [1.165, 1.54) is 116 Å². The molecule has 28 heavy (non-hydrogen) atoms. The number of rotatable bonds is 7. The van der Waals surface area contributed by atoms with Gasteiger partial charge in [-0.15, -0.1) is 0 Å². The zero-order valence-corrected chi connectivity index (χ0v) is 18.9. The third-order valence-corrected chi connectivity index (χ3v) is 9.40. The van der Waals surface area contributed by atoms with Crippen molar-refractivity contribution in [1.29, 1.82) is 0 Å². The number of piperidine rings is 2. The first kappa shape index (κ1) is 21.2. The van der Waals surface area contributed by atoms with Crippen LogP contribution in [-0.4, -0.2) is 39.3 Å². The lowest BCUT2D eigenvalue weighted by atomic mass is 9.78. The van der Waals surface area contributed by atoms with Gasteiger partial charge in [0.2, 0.25) is 0 Å². The second kappa shape index (κ2) is 11.3. The summed E-state index contributed by atoms with van der Waals surface area (Å²) >= 11 is 0. The fourth-order valence-electron chi connectivity index (χ4n) is 7.31. The molecule has 2 saturated heterocycles. The Labute approximate surface area is 175 Å². The van der Waals surface area contributed by atoms with E-state index < -0.39 is 0 Å². The van der Waals surface area contributed by atoms with Gasteiger partial charge in [0.25, 0.3) is 0 Å². The molecule has 0 spiro atoms.